The largest absolute Gasteiger partial charge is 0.481 e. The van der Waals surface area contributed by atoms with Gasteiger partial charge in [-0.25, -0.2) is 0 Å². The zero-order valence-corrected chi connectivity index (χ0v) is 9.47. The molecular formula is C10H16N4O2. The Balaban J connectivity index is 2.24. The molecule has 0 radical (unpaired) electrons. The van der Waals surface area contributed by atoms with Crippen LogP contribution in [0.4, 0.5) is 11.8 Å². The molecule has 0 bridgehead atoms. The lowest BCUT2D eigenvalue weighted by Gasteiger charge is -2.20. The minimum absolute atomic E-state index is 0.181. The van der Waals surface area contributed by atoms with E-state index >= 15 is 0 Å². The third-order valence-corrected chi connectivity index (χ3v) is 2.69. The predicted molar refractivity (Wildman–Crippen MR) is 60.5 cm³/mol. The van der Waals surface area contributed by atoms with Gasteiger partial charge in [0, 0.05) is 19.2 Å². The van der Waals surface area contributed by atoms with Crippen molar-refractivity contribution >= 4 is 11.8 Å². The lowest BCUT2D eigenvalue weighted by atomic mass is 10.1. The molecule has 1 atom stereocenters. The first-order valence-corrected chi connectivity index (χ1v) is 5.16. The molecule has 0 aliphatic carbocycles. The molecule has 16 heavy (non-hydrogen) atoms. The molecule has 0 aromatic carbocycles. The Morgan fingerprint density at radius 2 is 2.31 bits per heavy atom. The molecule has 0 saturated carbocycles. The van der Waals surface area contributed by atoms with Crippen LogP contribution in [0.2, 0.25) is 0 Å². The van der Waals surface area contributed by atoms with E-state index in [4.69, 9.17) is 10.5 Å². The standard InChI is InChI=1S/C10H16N4O2/c1-10(15)3-4-14(6-10)7-5-8(16-2)13-9(11)12-7/h5,15H,3-4,6H2,1-2H3,(H2,11,12,13). The van der Waals surface area contributed by atoms with E-state index in [1.165, 1.54) is 7.11 Å². The first-order valence-electron chi connectivity index (χ1n) is 5.16. The van der Waals surface area contributed by atoms with Gasteiger partial charge in [-0.1, -0.05) is 0 Å². The van der Waals surface area contributed by atoms with Gasteiger partial charge in [-0.05, 0) is 13.3 Å². The summed E-state index contributed by atoms with van der Waals surface area (Å²) in [6.07, 6.45) is 0.721. The van der Waals surface area contributed by atoms with E-state index in [2.05, 4.69) is 9.97 Å². The lowest BCUT2D eigenvalue weighted by molar-refractivity contribution is 0.0839. The number of nitrogens with zero attached hydrogens (tertiary/aromatic N) is 3. The second-order valence-electron chi connectivity index (χ2n) is 4.30. The Hall–Kier alpha value is -1.56. The molecule has 6 heteroatoms. The minimum Gasteiger partial charge on any atom is -0.481 e. The third-order valence-electron chi connectivity index (χ3n) is 2.69. The number of anilines is 2. The number of methoxy groups -OCH3 is 1. The van der Waals surface area contributed by atoms with E-state index in [9.17, 15) is 5.11 Å². The molecule has 1 fully saturated rings. The molecule has 1 aromatic heterocycles. The second-order valence-corrected chi connectivity index (χ2v) is 4.30. The van der Waals surface area contributed by atoms with Gasteiger partial charge in [-0.2, -0.15) is 9.97 Å². The summed E-state index contributed by atoms with van der Waals surface area (Å²) in [6, 6.07) is 1.72. The Morgan fingerprint density at radius 1 is 1.56 bits per heavy atom. The van der Waals surface area contributed by atoms with Crippen LogP contribution >= 0.6 is 0 Å². The fourth-order valence-corrected chi connectivity index (χ4v) is 1.84. The number of rotatable bonds is 2. The van der Waals surface area contributed by atoms with E-state index in [1.54, 1.807) is 6.07 Å². The molecule has 6 nitrogen and oxygen atoms in total. The van der Waals surface area contributed by atoms with Crippen molar-refractivity contribution in [2.75, 3.05) is 30.8 Å². The number of ether oxygens (including phenoxy) is 1. The first kappa shape index (κ1) is 10.9. The van der Waals surface area contributed by atoms with E-state index < -0.39 is 5.60 Å². The normalized spacial score (nSPS) is 24.8. The minimum atomic E-state index is -0.660. The number of nitrogen functional groups attached to an aromatic ring is 1. The number of hydrogen-bond acceptors (Lipinski definition) is 6. The summed E-state index contributed by atoms with van der Waals surface area (Å²) in [7, 11) is 1.53. The van der Waals surface area contributed by atoms with Crippen molar-refractivity contribution < 1.29 is 9.84 Å². The topological polar surface area (TPSA) is 84.5 Å². The molecule has 1 aliphatic rings. The Labute approximate surface area is 94.1 Å². The maximum atomic E-state index is 9.87. The number of aromatic nitrogens is 2. The van der Waals surface area contributed by atoms with Crippen molar-refractivity contribution in [3.8, 4) is 5.88 Å². The number of aliphatic hydroxyl groups is 1. The molecule has 88 valence electrons. The highest BCUT2D eigenvalue weighted by molar-refractivity contribution is 5.46. The van der Waals surface area contributed by atoms with Crippen LogP contribution in [0.15, 0.2) is 6.07 Å². The maximum absolute atomic E-state index is 9.87. The molecule has 1 saturated heterocycles. The Morgan fingerprint density at radius 3 is 2.88 bits per heavy atom. The van der Waals surface area contributed by atoms with Gasteiger partial charge < -0.3 is 20.5 Å². The average molecular weight is 224 g/mol. The van der Waals surface area contributed by atoms with Gasteiger partial charge in [-0.3, -0.25) is 0 Å². The van der Waals surface area contributed by atoms with Gasteiger partial charge in [0.1, 0.15) is 5.82 Å². The van der Waals surface area contributed by atoms with E-state index in [-0.39, 0.29) is 5.95 Å². The molecule has 3 N–H and O–H groups in total. The van der Waals surface area contributed by atoms with Crippen LogP contribution < -0.4 is 15.4 Å². The number of hydrogen-bond donors (Lipinski definition) is 2. The van der Waals surface area contributed by atoms with Crippen molar-refractivity contribution in [2.24, 2.45) is 0 Å². The Bertz CT molecular complexity index is 394. The summed E-state index contributed by atoms with van der Waals surface area (Å²) in [4.78, 5) is 10.0. The summed E-state index contributed by atoms with van der Waals surface area (Å²) in [5.41, 5.74) is 4.92. The summed E-state index contributed by atoms with van der Waals surface area (Å²) in [6.45, 7) is 3.12. The second kappa shape index (κ2) is 3.79. The molecule has 2 rings (SSSR count). The predicted octanol–water partition coefficient (Wildman–Crippen LogP) is 0.0285. The van der Waals surface area contributed by atoms with Crippen LogP contribution in [0.5, 0.6) is 5.88 Å². The van der Waals surface area contributed by atoms with Crippen molar-refractivity contribution in [3.63, 3.8) is 0 Å². The molecule has 0 spiro atoms. The zero-order valence-electron chi connectivity index (χ0n) is 9.47. The van der Waals surface area contributed by atoms with Crippen molar-refractivity contribution in [1.82, 2.24) is 9.97 Å². The fraction of sp³-hybridized carbons (Fsp3) is 0.600. The maximum Gasteiger partial charge on any atom is 0.225 e. The van der Waals surface area contributed by atoms with Gasteiger partial charge >= 0.3 is 0 Å². The number of β-amino-alcohol motifs (C(OH)–C–C–N with tert-alkyl or cyclic N) is 1. The summed E-state index contributed by atoms with van der Waals surface area (Å²) in [5, 5.41) is 9.87. The average Bonchev–Trinajstić information content (AvgIpc) is 2.58. The molecule has 2 heterocycles. The fourth-order valence-electron chi connectivity index (χ4n) is 1.84. The highest BCUT2D eigenvalue weighted by Crippen LogP contribution is 2.27. The first-order chi connectivity index (χ1) is 7.50. The van der Waals surface area contributed by atoms with Gasteiger partial charge in [0.15, 0.2) is 0 Å². The zero-order chi connectivity index (χ0) is 11.8. The number of nitrogens with two attached hydrogens (primary N) is 1. The monoisotopic (exact) mass is 224 g/mol. The Kier molecular flexibility index (Phi) is 2.59. The molecule has 1 unspecified atom stereocenters. The molecule has 1 aliphatic heterocycles. The van der Waals surface area contributed by atoms with E-state index in [0.29, 0.717) is 18.2 Å². The lowest BCUT2D eigenvalue weighted by Crippen LogP contribution is -2.30. The van der Waals surface area contributed by atoms with Gasteiger partial charge in [0.2, 0.25) is 11.8 Å². The quantitative estimate of drug-likeness (QED) is 0.737. The molecule has 0 amide bonds. The van der Waals surface area contributed by atoms with Crippen molar-refractivity contribution in [2.45, 2.75) is 18.9 Å². The SMILES string of the molecule is COc1cc(N2CCC(C)(O)C2)nc(N)n1. The van der Waals surface area contributed by atoms with E-state index in [1.807, 2.05) is 11.8 Å². The van der Waals surface area contributed by atoms with Crippen molar-refractivity contribution in [1.29, 1.82) is 0 Å². The summed E-state index contributed by atoms with van der Waals surface area (Å²) < 4.78 is 5.03. The third kappa shape index (κ3) is 2.16. The van der Waals surface area contributed by atoms with Crippen LogP contribution in [0.25, 0.3) is 0 Å². The van der Waals surface area contributed by atoms with Gasteiger partial charge in [0.05, 0.1) is 12.7 Å². The molecular weight excluding hydrogens is 208 g/mol. The van der Waals surface area contributed by atoms with Crippen LogP contribution in [-0.4, -0.2) is 40.9 Å². The van der Waals surface area contributed by atoms with Crippen LogP contribution in [0.1, 0.15) is 13.3 Å². The molecule has 1 aromatic rings. The van der Waals surface area contributed by atoms with E-state index in [0.717, 1.165) is 13.0 Å². The van der Waals surface area contributed by atoms with Crippen LogP contribution in [0, 0.1) is 0 Å². The highest BCUT2D eigenvalue weighted by atomic mass is 16.5. The summed E-state index contributed by atoms with van der Waals surface area (Å²) in [5.74, 6) is 1.32. The summed E-state index contributed by atoms with van der Waals surface area (Å²) >= 11 is 0. The smallest absolute Gasteiger partial charge is 0.225 e. The van der Waals surface area contributed by atoms with Crippen LogP contribution in [-0.2, 0) is 0 Å². The van der Waals surface area contributed by atoms with Gasteiger partial charge in [0.25, 0.3) is 0 Å². The highest BCUT2D eigenvalue weighted by Gasteiger charge is 2.32. The van der Waals surface area contributed by atoms with Gasteiger partial charge in [-0.15, -0.1) is 0 Å². The van der Waals surface area contributed by atoms with Crippen molar-refractivity contribution in [3.05, 3.63) is 6.07 Å². The van der Waals surface area contributed by atoms with Crippen LogP contribution in [0.3, 0.4) is 0 Å².